The summed E-state index contributed by atoms with van der Waals surface area (Å²) in [6.45, 7) is 4.73. The van der Waals surface area contributed by atoms with E-state index in [4.69, 9.17) is 15.9 Å². The van der Waals surface area contributed by atoms with Crippen molar-refractivity contribution in [3.05, 3.63) is 24.3 Å². The van der Waals surface area contributed by atoms with Crippen molar-refractivity contribution in [2.75, 3.05) is 13.7 Å². The van der Waals surface area contributed by atoms with Crippen molar-refractivity contribution in [1.29, 1.82) is 0 Å². The molecule has 1 rings (SSSR count). The highest BCUT2D eigenvalue weighted by molar-refractivity contribution is 4.90. The van der Waals surface area contributed by atoms with Gasteiger partial charge in [-0.05, 0) is 57.9 Å². The van der Waals surface area contributed by atoms with E-state index in [1.807, 2.05) is 6.08 Å². The Morgan fingerprint density at radius 2 is 1.62 bits per heavy atom. The summed E-state index contributed by atoms with van der Waals surface area (Å²) in [5, 5.41) is 15.7. The molecule has 24 heavy (non-hydrogen) atoms. The number of rotatable bonds is 10. The molecule has 0 aromatic carbocycles. The van der Waals surface area contributed by atoms with Gasteiger partial charge in [0.05, 0.1) is 6.10 Å². The van der Waals surface area contributed by atoms with Crippen molar-refractivity contribution < 1.29 is 10.2 Å². The molecule has 4 N–H and O–H groups in total. The van der Waals surface area contributed by atoms with Gasteiger partial charge in [0.15, 0.2) is 0 Å². The van der Waals surface area contributed by atoms with E-state index in [0.29, 0.717) is 0 Å². The zero-order chi connectivity index (χ0) is 18.5. The van der Waals surface area contributed by atoms with Crippen LogP contribution in [-0.2, 0) is 0 Å². The van der Waals surface area contributed by atoms with Gasteiger partial charge < -0.3 is 15.9 Å². The van der Waals surface area contributed by atoms with Gasteiger partial charge in [-0.25, -0.2) is 0 Å². The third-order valence-electron chi connectivity index (χ3n) is 4.02. The molecular weight excluding hydrogens is 298 g/mol. The predicted molar refractivity (Wildman–Crippen MR) is 107 cm³/mol. The molecule has 0 radical (unpaired) electrons. The maximum atomic E-state index is 8.73. The molecule has 0 heterocycles. The molecule has 0 aromatic heterocycles. The molecule has 0 spiro atoms. The van der Waals surface area contributed by atoms with E-state index in [9.17, 15) is 0 Å². The van der Waals surface area contributed by atoms with Crippen molar-refractivity contribution in [3.63, 3.8) is 0 Å². The second-order valence-corrected chi connectivity index (χ2v) is 6.42. The molecule has 0 unspecified atom stereocenters. The number of nitrogens with two attached hydrogens (primary N) is 1. The van der Waals surface area contributed by atoms with E-state index in [1.165, 1.54) is 57.8 Å². The topological polar surface area (TPSA) is 66.5 Å². The second-order valence-electron chi connectivity index (χ2n) is 6.42. The van der Waals surface area contributed by atoms with Crippen LogP contribution < -0.4 is 5.73 Å². The SMILES string of the molecule is CCCCCC/C=C/C1CCCC1.CO.C[C@@H](O)/C=C/CCCN. The fraction of sp³-hybridized carbons (Fsp3) is 0.810. The number of unbranched alkanes of at least 4 members (excludes halogenated alkanes) is 5. The summed E-state index contributed by atoms with van der Waals surface area (Å²) in [5.41, 5.74) is 5.25. The van der Waals surface area contributed by atoms with Crippen LogP contribution >= 0.6 is 0 Å². The third kappa shape index (κ3) is 21.4. The maximum absolute atomic E-state index is 8.73. The molecule has 1 atom stereocenters. The Hall–Kier alpha value is -0.640. The molecule has 144 valence electrons. The van der Waals surface area contributed by atoms with Gasteiger partial charge in [0.25, 0.3) is 0 Å². The Morgan fingerprint density at radius 3 is 2.17 bits per heavy atom. The first-order valence-corrected chi connectivity index (χ1v) is 9.86. The Balaban J connectivity index is 0. The largest absolute Gasteiger partial charge is 0.400 e. The Labute approximate surface area is 151 Å². The van der Waals surface area contributed by atoms with Crippen molar-refractivity contribution in [3.8, 4) is 0 Å². The lowest BCUT2D eigenvalue weighted by Crippen LogP contribution is -1.97. The molecular formula is C21H43NO2. The van der Waals surface area contributed by atoms with Crippen molar-refractivity contribution in [1.82, 2.24) is 0 Å². The van der Waals surface area contributed by atoms with Crippen molar-refractivity contribution in [2.45, 2.75) is 90.6 Å². The van der Waals surface area contributed by atoms with Gasteiger partial charge in [0.1, 0.15) is 0 Å². The monoisotopic (exact) mass is 341 g/mol. The lowest BCUT2D eigenvalue weighted by molar-refractivity contribution is 0.244. The standard InChI is InChI=1S/C13H24.C7H15NO.CH4O/c1-2-3-4-5-6-7-10-13-11-8-9-12-13;1-7(9)5-3-2-4-6-8;1-2/h7,10,13H,2-6,8-9,11-12H2,1H3;3,5,7,9H,2,4,6,8H2,1H3;2H,1H3/b10-7+;5-3+;/t;7-;/m.1./s1. The van der Waals surface area contributed by atoms with Crippen LogP contribution in [0.5, 0.6) is 0 Å². The van der Waals surface area contributed by atoms with E-state index in [0.717, 1.165) is 32.4 Å². The third-order valence-corrected chi connectivity index (χ3v) is 4.02. The summed E-state index contributed by atoms with van der Waals surface area (Å²) < 4.78 is 0. The minimum atomic E-state index is -0.317. The average Bonchev–Trinajstić information content (AvgIpc) is 3.11. The lowest BCUT2D eigenvalue weighted by Gasteiger charge is -1.99. The Bertz CT molecular complexity index is 269. The first-order valence-electron chi connectivity index (χ1n) is 9.86. The van der Waals surface area contributed by atoms with Crippen LogP contribution in [0, 0.1) is 5.92 Å². The molecule has 0 aromatic rings. The van der Waals surface area contributed by atoms with Crippen LogP contribution in [-0.4, -0.2) is 30.0 Å². The quantitative estimate of drug-likeness (QED) is 0.388. The van der Waals surface area contributed by atoms with Gasteiger partial charge in [-0.15, -0.1) is 0 Å². The summed E-state index contributed by atoms with van der Waals surface area (Å²) >= 11 is 0. The molecule has 1 aliphatic rings. The summed E-state index contributed by atoms with van der Waals surface area (Å²) in [5.74, 6) is 0.936. The average molecular weight is 342 g/mol. The molecule has 0 amide bonds. The summed E-state index contributed by atoms with van der Waals surface area (Å²) in [6, 6.07) is 0. The van der Waals surface area contributed by atoms with Gasteiger partial charge in [0, 0.05) is 7.11 Å². The molecule has 0 saturated heterocycles. The molecule has 1 fully saturated rings. The molecule has 0 bridgehead atoms. The van der Waals surface area contributed by atoms with E-state index >= 15 is 0 Å². The normalized spacial score (nSPS) is 15.9. The number of aliphatic hydroxyl groups is 2. The summed E-state index contributed by atoms with van der Waals surface area (Å²) in [7, 11) is 1.00. The number of allylic oxidation sites excluding steroid dienone is 3. The van der Waals surface area contributed by atoms with Gasteiger partial charge in [-0.1, -0.05) is 63.3 Å². The maximum Gasteiger partial charge on any atom is 0.0692 e. The number of hydrogen-bond donors (Lipinski definition) is 3. The fourth-order valence-electron chi connectivity index (χ4n) is 2.66. The van der Waals surface area contributed by atoms with E-state index in [-0.39, 0.29) is 6.10 Å². The van der Waals surface area contributed by atoms with Crippen LogP contribution in [0.1, 0.15) is 84.5 Å². The van der Waals surface area contributed by atoms with Crippen LogP contribution in [0.25, 0.3) is 0 Å². The number of aliphatic hydroxyl groups excluding tert-OH is 2. The molecule has 0 aliphatic heterocycles. The first kappa shape index (κ1) is 25.6. The first-order chi connectivity index (χ1) is 11.7. The highest BCUT2D eigenvalue weighted by atomic mass is 16.3. The van der Waals surface area contributed by atoms with Crippen LogP contribution in [0.2, 0.25) is 0 Å². The van der Waals surface area contributed by atoms with Gasteiger partial charge in [0.2, 0.25) is 0 Å². The predicted octanol–water partition coefficient (Wildman–Crippen LogP) is 4.97. The molecule has 1 aliphatic carbocycles. The van der Waals surface area contributed by atoms with Crippen LogP contribution in [0.3, 0.4) is 0 Å². The summed E-state index contributed by atoms with van der Waals surface area (Å²) in [4.78, 5) is 0. The fourth-order valence-corrected chi connectivity index (χ4v) is 2.66. The minimum absolute atomic E-state index is 0.317. The molecule has 1 saturated carbocycles. The van der Waals surface area contributed by atoms with E-state index in [2.05, 4.69) is 19.1 Å². The van der Waals surface area contributed by atoms with Crippen molar-refractivity contribution >= 4 is 0 Å². The van der Waals surface area contributed by atoms with Crippen LogP contribution in [0.15, 0.2) is 24.3 Å². The summed E-state index contributed by atoms with van der Waals surface area (Å²) in [6.07, 6.45) is 23.0. The smallest absolute Gasteiger partial charge is 0.0692 e. The van der Waals surface area contributed by atoms with Crippen LogP contribution in [0.4, 0.5) is 0 Å². The van der Waals surface area contributed by atoms with E-state index in [1.54, 1.807) is 13.0 Å². The molecule has 3 nitrogen and oxygen atoms in total. The number of hydrogen-bond acceptors (Lipinski definition) is 3. The Kier molecular flexibility index (Phi) is 23.8. The van der Waals surface area contributed by atoms with E-state index < -0.39 is 0 Å². The zero-order valence-corrected chi connectivity index (χ0v) is 16.4. The highest BCUT2D eigenvalue weighted by Crippen LogP contribution is 2.25. The van der Waals surface area contributed by atoms with Crippen molar-refractivity contribution in [2.24, 2.45) is 11.7 Å². The van der Waals surface area contributed by atoms with Gasteiger partial charge in [-0.3, -0.25) is 0 Å². The highest BCUT2D eigenvalue weighted by Gasteiger charge is 2.10. The zero-order valence-electron chi connectivity index (χ0n) is 16.4. The molecule has 3 heteroatoms. The lowest BCUT2D eigenvalue weighted by atomic mass is 10.1. The second kappa shape index (κ2) is 22.4. The van der Waals surface area contributed by atoms with Gasteiger partial charge in [-0.2, -0.15) is 0 Å². The minimum Gasteiger partial charge on any atom is -0.400 e. The van der Waals surface area contributed by atoms with Gasteiger partial charge >= 0.3 is 0 Å². The Morgan fingerprint density at radius 1 is 1.00 bits per heavy atom.